The number of fused-ring (bicyclic) bond motifs is 1. The molecule has 2 N–H and O–H groups in total. The average Bonchev–Trinajstić information content (AvgIpc) is 2.96. The molecule has 4 nitrogen and oxygen atoms in total. The summed E-state index contributed by atoms with van der Waals surface area (Å²) in [5.41, 5.74) is 5.25. The van der Waals surface area contributed by atoms with Gasteiger partial charge in [-0.25, -0.2) is 0 Å². The Hall–Kier alpha value is -1.98. The first-order valence-electron chi connectivity index (χ1n) is 8.28. The Morgan fingerprint density at radius 1 is 1.24 bits per heavy atom. The number of hydrogen-bond donors (Lipinski definition) is 2. The molecule has 0 aliphatic carbocycles. The molecule has 2 atom stereocenters. The van der Waals surface area contributed by atoms with Crippen LogP contribution in [0.15, 0.2) is 42.6 Å². The van der Waals surface area contributed by atoms with Crippen LogP contribution in [0.1, 0.15) is 28.9 Å². The van der Waals surface area contributed by atoms with Gasteiger partial charge < -0.3 is 5.32 Å². The van der Waals surface area contributed by atoms with Gasteiger partial charge in [0, 0.05) is 28.6 Å². The lowest BCUT2D eigenvalue weighted by atomic mass is 10.0. The summed E-state index contributed by atoms with van der Waals surface area (Å²) in [4.78, 5) is 4.50. The lowest BCUT2D eigenvalue weighted by molar-refractivity contribution is 0.981. The largest absolute Gasteiger partial charge is 0.367 e. The summed E-state index contributed by atoms with van der Waals surface area (Å²) < 4.78 is 0. The normalized spacial score (nSPS) is 19.8. The SMILES string of the molecule is Cc1ccc(C2SC(C)CNc3n[nH]c(-c4ccccn4)c32)c(Cl)c1. The fourth-order valence-electron chi connectivity index (χ4n) is 3.11. The van der Waals surface area contributed by atoms with Crippen LogP contribution in [-0.4, -0.2) is 27.0 Å². The van der Waals surface area contributed by atoms with Crippen molar-refractivity contribution >= 4 is 29.2 Å². The number of rotatable bonds is 2. The second-order valence-corrected chi connectivity index (χ2v) is 8.26. The Morgan fingerprint density at radius 2 is 2.12 bits per heavy atom. The molecule has 0 saturated carbocycles. The molecular formula is C19H19ClN4S. The monoisotopic (exact) mass is 370 g/mol. The molecule has 0 saturated heterocycles. The second-order valence-electron chi connectivity index (χ2n) is 6.31. The minimum Gasteiger partial charge on any atom is -0.367 e. The summed E-state index contributed by atoms with van der Waals surface area (Å²) in [5.74, 6) is 0.888. The molecule has 0 fully saturated rings. The summed E-state index contributed by atoms with van der Waals surface area (Å²) in [6.45, 7) is 5.15. The maximum Gasteiger partial charge on any atom is 0.153 e. The quantitative estimate of drug-likeness (QED) is 0.661. The van der Waals surface area contributed by atoms with Crippen molar-refractivity contribution in [1.82, 2.24) is 15.2 Å². The Labute approximate surface area is 156 Å². The van der Waals surface area contributed by atoms with Crippen molar-refractivity contribution < 1.29 is 0 Å². The van der Waals surface area contributed by atoms with Gasteiger partial charge in [-0.3, -0.25) is 10.1 Å². The number of halogens is 1. The number of aromatic nitrogens is 3. The molecule has 3 aromatic rings. The van der Waals surface area contributed by atoms with Gasteiger partial charge in [0.2, 0.25) is 0 Å². The summed E-state index contributed by atoms with van der Waals surface area (Å²) >= 11 is 8.52. The summed E-state index contributed by atoms with van der Waals surface area (Å²) in [6.07, 6.45) is 1.80. The molecule has 3 heterocycles. The highest BCUT2D eigenvalue weighted by atomic mass is 35.5. The van der Waals surface area contributed by atoms with Crippen LogP contribution in [0.4, 0.5) is 5.82 Å². The summed E-state index contributed by atoms with van der Waals surface area (Å²) in [7, 11) is 0. The first-order valence-corrected chi connectivity index (χ1v) is 9.60. The van der Waals surface area contributed by atoms with Crippen LogP contribution in [0.25, 0.3) is 11.4 Å². The van der Waals surface area contributed by atoms with E-state index in [-0.39, 0.29) is 5.25 Å². The van der Waals surface area contributed by atoms with Crippen LogP contribution in [0.5, 0.6) is 0 Å². The van der Waals surface area contributed by atoms with Gasteiger partial charge in [0.15, 0.2) is 5.82 Å². The summed E-state index contributed by atoms with van der Waals surface area (Å²) in [5, 5.41) is 12.5. The van der Waals surface area contributed by atoms with E-state index in [9.17, 15) is 0 Å². The van der Waals surface area contributed by atoms with Crippen molar-refractivity contribution in [3.05, 3.63) is 64.3 Å². The van der Waals surface area contributed by atoms with Crippen molar-refractivity contribution in [3.8, 4) is 11.4 Å². The molecule has 2 unspecified atom stereocenters. The molecule has 6 heteroatoms. The lowest BCUT2D eigenvalue weighted by Crippen LogP contribution is -2.11. The van der Waals surface area contributed by atoms with Gasteiger partial charge in [-0.2, -0.15) is 5.10 Å². The number of aromatic amines is 1. The highest BCUT2D eigenvalue weighted by molar-refractivity contribution is 8.00. The van der Waals surface area contributed by atoms with Gasteiger partial charge in [-0.1, -0.05) is 36.7 Å². The van der Waals surface area contributed by atoms with Gasteiger partial charge in [0.25, 0.3) is 0 Å². The van der Waals surface area contributed by atoms with E-state index in [2.05, 4.69) is 46.5 Å². The molecule has 4 rings (SSSR count). The molecule has 128 valence electrons. The van der Waals surface area contributed by atoms with E-state index in [4.69, 9.17) is 11.6 Å². The van der Waals surface area contributed by atoms with E-state index in [0.717, 1.165) is 45.5 Å². The number of thioether (sulfide) groups is 1. The van der Waals surface area contributed by atoms with E-state index in [1.807, 2.05) is 36.0 Å². The van der Waals surface area contributed by atoms with Crippen molar-refractivity contribution in [3.63, 3.8) is 0 Å². The molecule has 0 radical (unpaired) electrons. The van der Waals surface area contributed by atoms with Crippen LogP contribution >= 0.6 is 23.4 Å². The van der Waals surface area contributed by atoms with Crippen molar-refractivity contribution in [2.45, 2.75) is 24.3 Å². The van der Waals surface area contributed by atoms with Crippen molar-refractivity contribution in [2.75, 3.05) is 11.9 Å². The second kappa shape index (κ2) is 6.73. The zero-order valence-electron chi connectivity index (χ0n) is 14.1. The smallest absolute Gasteiger partial charge is 0.153 e. The van der Waals surface area contributed by atoms with E-state index in [0.29, 0.717) is 5.25 Å². The lowest BCUT2D eigenvalue weighted by Gasteiger charge is -2.20. The highest BCUT2D eigenvalue weighted by Gasteiger charge is 2.31. The van der Waals surface area contributed by atoms with Crippen LogP contribution in [0.3, 0.4) is 0 Å². The Kier molecular flexibility index (Phi) is 4.44. The van der Waals surface area contributed by atoms with Gasteiger partial charge in [0.05, 0.1) is 16.6 Å². The van der Waals surface area contributed by atoms with Crippen LogP contribution in [0.2, 0.25) is 5.02 Å². The number of benzene rings is 1. The van der Waals surface area contributed by atoms with Crippen LogP contribution in [-0.2, 0) is 0 Å². The Bertz CT molecular complexity index is 894. The standard InChI is InChI=1S/C19H19ClN4S/c1-11-6-7-13(14(20)9-11)18-16-17(15-5-3-4-8-21-15)23-24-19(16)22-10-12(2)25-18/h3-9,12,18H,10H2,1-2H3,(H2,22,23,24). The maximum atomic E-state index is 6.62. The number of nitrogens with zero attached hydrogens (tertiary/aromatic N) is 2. The van der Waals surface area contributed by atoms with Gasteiger partial charge in [-0.05, 0) is 36.2 Å². The van der Waals surface area contributed by atoms with Gasteiger partial charge in [0.1, 0.15) is 0 Å². The predicted molar refractivity (Wildman–Crippen MR) is 105 cm³/mol. The molecule has 0 bridgehead atoms. The van der Waals surface area contributed by atoms with E-state index >= 15 is 0 Å². The number of aryl methyl sites for hydroxylation is 1. The molecule has 1 aliphatic rings. The number of H-pyrrole nitrogens is 1. The van der Waals surface area contributed by atoms with E-state index in [1.165, 1.54) is 0 Å². The highest BCUT2D eigenvalue weighted by Crippen LogP contribution is 2.48. The fourth-order valence-corrected chi connectivity index (χ4v) is 4.88. The predicted octanol–water partition coefficient (Wildman–Crippen LogP) is 5.07. The third kappa shape index (κ3) is 3.14. The van der Waals surface area contributed by atoms with E-state index < -0.39 is 0 Å². The molecule has 0 spiro atoms. The van der Waals surface area contributed by atoms with Crippen molar-refractivity contribution in [2.24, 2.45) is 0 Å². The fraction of sp³-hybridized carbons (Fsp3) is 0.263. The topological polar surface area (TPSA) is 53.6 Å². The summed E-state index contributed by atoms with van der Waals surface area (Å²) in [6, 6.07) is 12.2. The number of hydrogen-bond acceptors (Lipinski definition) is 4. The number of anilines is 1. The first-order chi connectivity index (χ1) is 12.1. The van der Waals surface area contributed by atoms with Gasteiger partial charge in [-0.15, -0.1) is 11.8 Å². The zero-order chi connectivity index (χ0) is 17.4. The maximum absolute atomic E-state index is 6.62. The van der Waals surface area contributed by atoms with Crippen LogP contribution < -0.4 is 5.32 Å². The molecular weight excluding hydrogens is 352 g/mol. The third-order valence-electron chi connectivity index (χ3n) is 4.35. The van der Waals surface area contributed by atoms with E-state index in [1.54, 1.807) is 6.20 Å². The molecule has 0 amide bonds. The Balaban J connectivity index is 1.89. The van der Waals surface area contributed by atoms with Crippen molar-refractivity contribution in [1.29, 1.82) is 0 Å². The van der Waals surface area contributed by atoms with Gasteiger partial charge >= 0.3 is 0 Å². The minimum absolute atomic E-state index is 0.101. The molecule has 1 aromatic carbocycles. The van der Waals surface area contributed by atoms with Crippen LogP contribution in [0, 0.1) is 6.92 Å². The number of nitrogens with one attached hydrogen (secondary N) is 2. The first kappa shape index (κ1) is 16.5. The third-order valence-corrected chi connectivity index (χ3v) is 6.07. The minimum atomic E-state index is 0.101. The number of pyridine rings is 1. The Morgan fingerprint density at radius 3 is 2.88 bits per heavy atom. The molecule has 25 heavy (non-hydrogen) atoms. The molecule has 1 aliphatic heterocycles. The zero-order valence-corrected chi connectivity index (χ0v) is 15.7. The average molecular weight is 371 g/mol. The molecule has 2 aromatic heterocycles.